The van der Waals surface area contributed by atoms with Crippen LogP contribution < -0.4 is 9.80 Å². The fraction of sp³-hybridized carbons (Fsp3) is 0.0725. The van der Waals surface area contributed by atoms with Gasteiger partial charge in [-0.2, -0.15) is 0 Å². The molecule has 0 saturated heterocycles. The number of furan rings is 1. The molecule has 1 heterocycles. The number of aryl methyl sites for hydroxylation is 1. The largest absolute Gasteiger partial charge is 0.454 e. The summed E-state index contributed by atoms with van der Waals surface area (Å²) in [5.41, 5.74) is 21.2. The highest BCUT2D eigenvalue weighted by Gasteiger charge is 2.48. The van der Waals surface area contributed by atoms with Crippen molar-refractivity contribution in [2.24, 2.45) is 0 Å². The van der Waals surface area contributed by atoms with Crippen molar-refractivity contribution in [3.05, 3.63) is 288 Å². The maximum Gasteiger partial charge on any atom is 0.159 e. The molecule has 0 spiro atoms. The molecule has 11 aromatic carbocycles. The minimum Gasteiger partial charge on any atom is -0.454 e. The first kappa shape index (κ1) is 42.0. The Morgan fingerprint density at radius 2 is 0.903 bits per heavy atom. The van der Waals surface area contributed by atoms with Gasteiger partial charge in [-0.15, -0.1) is 0 Å². The highest BCUT2D eigenvalue weighted by Crippen LogP contribution is 2.61. The molecule has 2 aliphatic carbocycles. The van der Waals surface area contributed by atoms with Crippen molar-refractivity contribution in [2.75, 3.05) is 9.80 Å². The Morgan fingerprint density at radius 1 is 0.347 bits per heavy atom. The molecule has 0 fully saturated rings. The molecule has 2 aliphatic rings. The Kier molecular flexibility index (Phi) is 9.37. The van der Waals surface area contributed by atoms with Crippen LogP contribution in [0.2, 0.25) is 0 Å². The second kappa shape index (κ2) is 16.1. The summed E-state index contributed by atoms with van der Waals surface area (Å²) in [5, 5.41) is 4.60. The van der Waals surface area contributed by atoms with Gasteiger partial charge in [0, 0.05) is 44.3 Å². The number of rotatable bonds is 8. The molecule has 342 valence electrons. The second-order valence-corrected chi connectivity index (χ2v) is 20.1. The number of fused-ring (bicyclic) bond motifs is 11. The van der Waals surface area contributed by atoms with E-state index in [9.17, 15) is 0 Å². The molecule has 0 amide bonds. The average molecular weight is 923 g/mol. The number of anilines is 6. The molecule has 0 N–H and O–H groups in total. The smallest absolute Gasteiger partial charge is 0.159 e. The molecule has 3 heteroatoms. The average Bonchev–Trinajstić information content (AvgIpc) is 4.04. The van der Waals surface area contributed by atoms with E-state index < -0.39 is 5.41 Å². The van der Waals surface area contributed by atoms with Crippen LogP contribution in [-0.4, -0.2) is 0 Å². The Bertz CT molecular complexity index is 4040. The van der Waals surface area contributed by atoms with Gasteiger partial charge >= 0.3 is 0 Å². The summed E-state index contributed by atoms with van der Waals surface area (Å²) >= 11 is 0. The fourth-order valence-corrected chi connectivity index (χ4v) is 12.5. The van der Waals surface area contributed by atoms with Crippen LogP contribution in [-0.2, 0) is 10.8 Å². The molecule has 12 aromatic rings. The van der Waals surface area contributed by atoms with Crippen LogP contribution in [0.25, 0.3) is 55.0 Å². The Labute approximate surface area is 420 Å². The normalized spacial score (nSPS) is 13.7. The Balaban J connectivity index is 1.07. The molecule has 0 bridgehead atoms. The summed E-state index contributed by atoms with van der Waals surface area (Å²) in [6, 6.07) is 91.9. The summed E-state index contributed by atoms with van der Waals surface area (Å²) in [6.45, 7) is 6.86. The van der Waals surface area contributed by atoms with Crippen LogP contribution in [0.4, 0.5) is 34.1 Å². The molecule has 0 radical (unpaired) electrons. The SMILES string of the molecule is Cc1ccc(N(c2ccc3c(c2)C(c2ccccc2)(c2ccccc2)c2cc(N(c4ccccc4)c4ccc5c(c4)-c4ccccc4C5(C)C)c4ccccc4c2-3)c2cccc3c2oc2ccccc23)cc1. The summed E-state index contributed by atoms with van der Waals surface area (Å²) in [7, 11) is 0. The molecule has 0 unspecified atom stereocenters. The first-order chi connectivity index (χ1) is 35.4. The van der Waals surface area contributed by atoms with Gasteiger partial charge in [0.2, 0.25) is 0 Å². The number of hydrogen-bond donors (Lipinski definition) is 0. The summed E-state index contributed by atoms with van der Waals surface area (Å²) in [4.78, 5) is 4.89. The fourth-order valence-electron chi connectivity index (χ4n) is 12.5. The van der Waals surface area contributed by atoms with Gasteiger partial charge in [0.05, 0.1) is 16.8 Å². The molecule has 14 rings (SSSR count). The van der Waals surface area contributed by atoms with Crippen LogP contribution in [0.1, 0.15) is 52.8 Å². The van der Waals surface area contributed by atoms with Crippen LogP contribution in [0.3, 0.4) is 0 Å². The van der Waals surface area contributed by atoms with Crippen molar-refractivity contribution in [1.29, 1.82) is 0 Å². The zero-order valence-corrected chi connectivity index (χ0v) is 40.5. The third-order valence-corrected chi connectivity index (χ3v) is 15.8. The molecule has 0 atom stereocenters. The number of hydrogen-bond acceptors (Lipinski definition) is 3. The maximum atomic E-state index is 6.82. The van der Waals surface area contributed by atoms with E-state index in [-0.39, 0.29) is 5.41 Å². The standard InChI is InChI=1S/C69H50N2O/c1-45-34-36-49(37-35-45)70(63-32-19-30-56-54-28-16-18-33-65(54)72-67(56)63)51-38-40-57-61(43-51)69(46-20-7-4-8-21-46,47-22-9-5-10-23-47)62-44-64(53-27-13-14-29-55(53)66(57)62)71(48-24-11-6-12-25-48)50-39-41-60-58(42-50)52-26-15-17-31-59(52)68(60,2)3/h4-44H,1-3H3. The number of nitrogens with zero attached hydrogens (tertiary/aromatic N) is 2. The van der Waals surface area contributed by atoms with E-state index in [1.807, 2.05) is 6.07 Å². The van der Waals surface area contributed by atoms with Gasteiger partial charge in [-0.1, -0.05) is 201 Å². The lowest BCUT2D eigenvalue weighted by Gasteiger charge is -2.36. The maximum absolute atomic E-state index is 6.82. The monoisotopic (exact) mass is 922 g/mol. The molecule has 0 saturated carbocycles. The number of para-hydroxylation sites is 3. The summed E-state index contributed by atoms with van der Waals surface area (Å²) in [5.74, 6) is 0. The highest BCUT2D eigenvalue weighted by atomic mass is 16.3. The van der Waals surface area contributed by atoms with Crippen molar-refractivity contribution < 1.29 is 4.42 Å². The second-order valence-electron chi connectivity index (χ2n) is 20.1. The molecular weight excluding hydrogens is 873 g/mol. The zero-order valence-electron chi connectivity index (χ0n) is 40.5. The molecule has 3 nitrogen and oxygen atoms in total. The Morgan fingerprint density at radius 3 is 1.65 bits per heavy atom. The van der Waals surface area contributed by atoms with Crippen molar-refractivity contribution >= 4 is 66.8 Å². The zero-order chi connectivity index (χ0) is 48.1. The van der Waals surface area contributed by atoms with E-state index in [4.69, 9.17) is 4.42 Å². The quantitative estimate of drug-likeness (QED) is 0.151. The predicted molar refractivity (Wildman–Crippen MR) is 300 cm³/mol. The van der Waals surface area contributed by atoms with Crippen LogP contribution in [0.5, 0.6) is 0 Å². The van der Waals surface area contributed by atoms with E-state index in [0.717, 1.165) is 56.1 Å². The van der Waals surface area contributed by atoms with Gasteiger partial charge in [-0.3, -0.25) is 0 Å². The highest BCUT2D eigenvalue weighted by molar-refractivity contribution is 6.13. The predicted octanol–water partition coefficient (Wildman–Crippen LogP) is 18.7. The lowest BCUT2D eigenvalue weighted by molar-refractivity contribution is 0.660. The Hall–Kier alpha value is -8.92. The van der Waals surface area contributed by atoms with Gasteiger partial charge in [-0.25, -0.2) is 0 Å². The van der Waals surface area contributed by atoms with Gasteiger partial charge < -0.3 is 14.2 Å². The van der Waals surface area contributed by atoms with Crippen LogP contribution in [0.15, 0.2) is 253 Å². The summed E-state index contributed by atoms with van der Waals surface area (Å²) in [6.07, 6.45) is 0. The summed E-state index contributed by atoms with van der Waals surface area (Å²) < 4.78 is 6.82. The number of benzene rings is 11. The van der Waals surface area contributed by atoms with E-state index >= 15 is 0 Å². The van der Waals surface area contributed by atoms with Crippen LogP contribution >= 0.6 is 0 Å². The molecule has 72 heavy (non-hydrogen) atoms. The molecule has 0 aliphatic heterocycles. The first-order valence-electron chi connectivity index (χ1n) is 25.1. The molecule has 1 aromatic heterocycles. The third-order valence-electron chi connectivity index (χ3n) is 15.8. The van der Waals surface area contributed by atoms with Crippen LogP contribution in [0, 0.1) is 6.92 Å². The topological polar surface area (TPSA) is 19.6 Å². The van der Waals surface area contributed by atoms with E-state index in [0.29, 0.717) is 0 Å². The van der Waals surface area contributed by atoms with E-state index in [1.165, 1.54) is 72.0 Å². The first-order valence-corrected chi connectivity index (χ1v) is 25.1. The van der Waals surface area contributed by atoms with Gasteiger partial charge in [0.1, 0.15) is 5.58 Å². The van der Waals surface area contributed by atoms with Gasteiger partial charge in [0.25, 0.3) is 0 Å². The lowest BCUT2D eigenvalue weighted by atomic mass is 9.67. The minimum atomic E-state index is -0.727. The van der Waals surface area contributed by atoms with E-state index in [1.54, 1.807) is 0 Å². The lowest BCUT2D eigenvalue weighted by Crippen LogP contribution is -2.29. The van der Waals surface area contributed by atoms with E-state index in [2.05, 4.69) is 273 Å². The van der Waals surface area contributed by atoms with Crippen molar-refractivity contribution in [3.63, 3.8) is 0 Å². The minimum absolute atomic E-state index is 0.106. The van der Waals surface area contributed by atoms with Gasteiger partial charge in [-0.05, 0) is 135 Å². The van der Waals surface area contributed by atoms with Gasteiger partial charge in [0.15, 0.2) is 5.58 Å². The van der Waals surface area contributed by atoms with Crippen molar-refractivity contribution in [1.82, 2.24) is 0 Å². The molecular formula is C69H50N2O. The van der Waals surface area contributed by atoms with Crippen molar-refractivity contribution in [2.45, 2.75) is 31.6 Å². The van der Waals surface area contributed by atoms with Crippen molar-refractivity contribution in [3.8, 4) is 22.3 Å². The third kappa shape index (κ3) is 6.10.